The van der Waals surface area contributed by atoms with Crippen molar-refractivity contribution >= 4 is 0 Å². The van der Waals surface area contributed by atoms with Crippen molar-refractivity contribution in [1.29, 1.82) is 0 Å². The summed E-state index contributed by atoms with van der Waals surface area (Å²) >= 11 is 0. The zero-order chi connectivity index (χ0) is 13.7. The Hall–Kier alpha value is -1.60. The van der Waals surface area contributed by atoms with E-state index in [1.807, 2.05) is 0 Å². The van der Waals surface area contributed by atoms with E-state index in [0.29, 0.717) is 5.41 Å². The van der Waals surface area contributed by atoms with Crippen molar-refractivity contribution in [3.63, 3.8) is 0 Å². The molecule has 0 spiro atoms. The fraction of sp³-hybridized carbons (Fsp3) is 0.368. The van der Waals surface area contributed by atoms with Gasteiger partial charge in [0, 0.05) is 13.2 Å². The molecule has 1 saturated heterocycles. The lowest BCUT2D eigenvalue weighted by Crippen LogP contribution is -2.33. The van der Waals surface area contributed by atoms with Gasteiger partial charge in [0.15, 0.2) is 0 Å². The summed E-state index contributed by atoms with van der Waals surface area (Å²) in [7, 11) is 0. The standard InChI is InChI=1S/C19H22O/c1-3-7-17(8-4-1)15-19(11-13-20-14-12-19)16-18-9-5-2-6-10-18/h1-10H,11-16H2. The number of rotatable bonds is 4. The summed E-state index contributed by atoms with van der Waals surface area (Å²) in [6, 6.07) is 21.8. The third-order valence-electron chi connectivity index (χ3n) is 4.40. The van der Waals surface area contributed by atoms with E-state index >= 15 is 0 Å². The van der Waals surface area contributed by atoms with Crippen molar-refractivity contribution in [2.45, 2.75) is 25.7 Å². The van der Waals surface area contributed by atoms with E-state index in [0.717, 1.165) is 38.9 Å². The average molecular weight is 266 g/mol. The minimum atomic E-state index is 0.362. The lowest BCUT2D eigenvalue weighted by atomic mass is 9.71. The van der Waals surface area contributed by atoms with Gasteiger partial charge in [0.05, 0.1) is 0 Å². The summed E-state index contributed by atoms with van der Waals surface area (Å²) in [6.07, 6.45) is 4.64. The highest BCUT2D eigenvalue weighted by Crippen LogP contribution is 2.37. The van der Waals surface area contributed by atoms with Gasteiger partial charge in [0.1, 0.15) is 0 Å². The smallest absolute Gasteiger partial charge is 0.0471 e. The fourth-order valence-corrected chi connectivity index (χ4v) is 3.28. The molecule has 2 aromatic carbocycles. The first kappa shape index (κ1) is 13.4. The molecule has 0 bridgehead atoms. The number of hydrogen-bond donors (Lipinski definition) is 0. The van der Waals surface area contributed by atoms with Crippen LogP contribution in [0.4, 0.5) is 0 Å². The van der Waals surface area contributed by atoms with Crippen LogP contribution in [0.1, 0.15) is 24.0 Å². The first-order valence-electron chi connectivity index (χ1n) is 7.52. The van der Waals surface area contributed by atoms with Crippen LogP contribution < -0.4 is 0 Å². The maximum atomic E-state index is 5.60. The topological polar surface area (TPSA) is 9.23 Å². The van der Waals surface area contributed by atoms with Crippen LogP contribution in [0.5, 0.6) is 0 Å². The molecule has 2 aromatic rings. The van der Waals surface area contributed by atoms with Crippen molar-refractivity contribution in [3.05, 3.63) is 71.8 Å². The van der Waals surface area contributed by atoms with Crippen LogP contribution in [0.15, 0.2) is 60.7 Å². The first-order valence-corrected chi connectivity index (χ1v) is 7.52. The molecule has 0 unspecified atom stereocenters. The number of benzene rings is 2. The second-order valence-electron chi connectivity index (χ2n) is 5.94. The molecule has 0 amide bonds. The Morgan fingerprint density at radius 3 is 1.60 bits per heavy atom. The van der Waals surface area contributed by atoms with E-state index in [1.54, 1.807) is 0 Å². The molecule has 0 radical (unpaired) electrons. The van der Waals surface area contributed by atoms with Gasteiger partial charge in [-0.2, -0.15) is 0 Å². The van der Waals surface area contributed by atoms with Gasteiger partial charge in [-0.3, -0.25) is 0 Å². The quantitative estimate of drug-likeness (QED) is 0.803. The lowest BCUT2D eigenvalue weighted by Gasteiger charge is -2.37. The number of ether oxygens (including phenoxy) is 1. The van der Waals surface area contributed by atoms with Gasteiger partial charge in [0.2, 0.25) is 0 Å². The third-order valence-corrected chi connectivity index (χ3v) is 4.40. The van der Waals surface area contributed by atoms with Crippen LogP contribution in [-0.4, -0.2) is 13.2 Å². The summed E-state index contributed by atoms with van der Waals surface area (Å²) in [4.78, 5) is 0. The molecule has 1 heterocycles. The molecule has 104 valence electrons. The Morgan fingerprint density at radius 1 is 0.700 bits per heavy atom. The largest absolute Gasteiger partial charge is 0.381 e. The van der Waals surface area contributed by atoms with E-state index in [-0.39, 0.29) is 0 Å². The predicted octanol–water partition coefficient (Wildman–Crippen LogP) is 4.27. The first-order chi connectivity index (χ1) is 9.86. The molecule has 0 aromatic heterocycles. The lowest BCUT2D eigenvalue weighted by molar-refractivity contribution is 0.0148. The van der Waals surface area contributed by atoms with Gasteiger partial charge in [0.25, 0.3) is 0 Å². The van der Waals surface area contributed by atoms with Crippen LogP contribution in [0.25, 0.3) is 0 Å². The minimum absolute atomic E-state index is 0.362. The summed E-state index contributed by atoms with van der Waals surface area (Å²) < 4.78 is 5.60. The molecule has 0 saturated carbocycles. The monoisotopic (exact) mass is 266 g/mol. The average Bonchev–Trinajstić information content (AvgIpc) is 2.50. The molecule has 20 heavy (non-hydrogen) atoms. The van der Waals surface area contributed by atoms with E-state index < -0.39 is 0 Å². The summed E-state index contributed by atoms with van der Waals surface area (Å²) in [5.74, 6) is 0. The Labute approximate surface area is 121 Å². The Kier molecular flexibility index (Phi) is 4.17. The van der Waals surface area contributed by atoms with Gasteiger partial charge in [-0.15, -0.1) is 0 Å². The molecule has 1 fully saturated rings. The fourth-order valence-electron chi connectivity index (χ4n) is 3.28. The maximum Gasteiger partial charge on any atom is 0.0471 e. The number of hydrogen-bond acceptors (Lipinski definition) is 1. The molecule has 1 aliphatic heterocycles. The zero-order valence-electron chi connectivity index (χ0n) is 11.9. The highest BCUT2D eigenvalue weighted by atomic mass is 16.5. The Balaban J connectivity index is 1.81. The van der Waals surface area contributed by atoms with Gasteiger partial charge in [-0.25, -0.2) is 0 Å². The van der Waals surface area contributed by atoms with Crippen LogP contribution in [0.3, 0.4) is 0 Å². The molecule has 0 atom stereocenters. The Morgan fingerprint density at radius 2 is 1.15 bits per heavy atom. The van der Waals surface area contributed by atoms with Gasteiger partial charge >= 0.3 is 0 Å². The van der Waals surface area contributed by atoms with Crippen molar-refractivity contribution in [1.82, 2.24) is 0 Å². The van der Waals surface area contributed by atoms with E-state index in [4.69, 9.17) is 4.74 Å². The van der Waals surface area contributed by atoms with Crippen molar-refractivity contribution in [3.8, 4) is 0 Å². The normalized spacial score (nSPS) is 17.8. The van der Waals surface area contributed by atoms with E-state index in [1.165, 1.54) is 11.1 Å². The van der Waals surface area contributed by atoms with Crippen LogP contribution >= 0.6 is 0 Å². The Bertz CT molecular complexity index is 468. The maximum absolute atomic E-state index is 5.60. The second-order valence-corrected chi connectivity index (χ2v) is 5.94. The molecule has 1 heteroatoms. The van der Waals surface area contributed by atoms with Crippen LogP contribution in [-0.2, 0) is 17.6 Å². The van der Waals surface area contributed by atoms with Gasteiger partial charge in [-0.05, 0) is 42.2 Å². The highest BCUT2D eigenvalue weighted by Gasteiger charge is 2.32. The highest BCUT2D eigenvalue weighted by molar-refractivity contribution is 5.21. The minimum Gasteiger partial charge on any atom is -0.381 e. The molecule has 1 nitrogen and oxygen atoms in total. The summed E-state index contributed by atoms with van der Waals surface area (Å²) in [5.41, 5.74) is 3.26. The second kappa shape index (κ2) is 6.23. The molecular formula is C19H22O. The van der Waals surface area contributed by atoms with E-state index in [9.17, 15) is 0 Å². The molecular weight excluding hydrogens is 244 g/mol. The zero-order valence-corrected chi connectivity index (χ0v) is 11.9. The third kappa shape index (κ3) is 3.29. The van der Waals surface area contributed by atoms with Crippen LogP contribution in [0.2, 0.25) is 0 Å². The van der Waals surface area contributed by atoms with Gasteiger partial charge < -0.3 is 4.74 Å². The van der Waals surface area contributed by atoms with Crippen molar-refractivity contribution in [2.75, 3.05) is 13.2 Å². The molecule has 0 N–H and O–H groups in total. The van der Waals surface area contributed by atoms with Crippen molar-refractivity contribution in [2.24, 2.45) is 5.41 Å². The van der Waals surface area contributed by atoms with Gasteiger partial charge in [-0.1, -0.05) is 60.7 Å². The van der Waals surface area contributed by atoms with Crippen molar-refractivity contribution < 1.29 is 4.74 Å². The SMILES string of the molecule is c1ccc(CC2(Cc3ccccc3)CCOCC2)cc1. The molecule has 0 aliphatic carbocycles. The van der Waals surface area contributed by atoms with Crippen LogP contribution in [0, 0.1) is 5.41 Å². The molecule has 3 rings (SSSR count). The summed E-state index contributed by atoms with van der Waals surface area (Å²) in [6.45, 7) is 1.80. The molecule has 1 aliphatic rings. The van der Waals surface area contributed by atoms with E-state index in [2.05, 4.69) is 60.7 Å². The predicted molar refractivity (Wildman–Crippen MR) is 82.8 cm³/mol. The summed E-state index contributed by atoms with van der Waals surface area (Å²) in [5, 5.41) is 0.